The van der Waals surface area contributed by atoms with Gasteiger partial charge in [0.15, 0.2) is 25.2 Å². The molecule has 0 bridgehead atoms. The van der Waals surface area contributed by atoms with Crippen molar-refractivity contribution in [2.75, 3.05) is 33.0 Å². The average Bonchev–Trinajstić information content (AvgIpc) is 3.31. The van der Waals surface area contributed by atoms with Crippen molar-refractivity contribution >= 4 is 23.7 Å². The lowest BCUT2D eigenvalue weighted by molar-refractivity contribution is -0.388. The number of nitrogens with one attached hydrogen (secondary N) is 3. The molecule has 0 saturated carbocycles. The van der Waals surface area contributed by atoms with Crippen molar-refractivity contribution in [2.24, 2.45) is 0 Å². The SMILES string of the molecule is CC(=O)N[C@H]1[C@H](OC[C@H]2O[C@@H](O[C@H]3[C@H](O)[C@@H](CO)O[C@@H](O[C@@H]4[C@@H](O)[C@H](O)O[C@H](CO)[C@@H]4O)[C@@H]3NC(C)=O)[C@H](O)[C@@H](O[C@]3(C(=O)O)C[C@H](O)[C@@H](NC(C)=O)[C@H]([C@H](O)[C@H](O)CO)O3)[C@H]2O)O[C@H](CO)[C@H](O)[C@@H]1O. The fourth-order valence-corrected chi connectivity index (χ4v) is 8.83. The van der Waals surface area contributed by atoms with Gasteiger partial charge in [0.05, 0.1) is 45.2 Å². The number of aliphatic hydroxyl groups is 15. The predicted octanol–water partition coefficient (Wildman–Crippen LogP) is -12.3. The molecule has 0 radical (unpaired) electrons. The van der Waals surface area contributed by atoms with Gasteiger partial charge >= 0.3 is 5.97 Å². The Morgan fingerprint density at radius 3 is 1.63 bits per heavy atom. The van der Waals surface area contributed by atoms with Crippen molar-refractivity contribution < 1.29 is 144 Å². The number of ether oxygens (including phenoxy) is 9. The molecule has 0 aromatic rings. The first-order valence-electron chi connectivity index (χ1n) is 22.2. The topological polar surface area (TPSA) is 511 Å². The number of carboxylic acids is 1. The van der Waals surface area contributed by atoms with Crippen LogP contribution in [-0.4, -0.2) is 297 Å². The number of carbonyl (C=O) groups is 4. The number of carbonyl (C=O) groups excluding carboxylic acids is 3. The van der Waals surface area contributed by atoms with Crippen molar-refractivity contribution in [1.29, 1.82) is 0 Å². The summed E-state index contributed by atoms with van der Waals surface area (Å²) in [5.74, 6) is -7.93. The van der Waals surface area contributed by atoms with Crippen LogP contribution in [0.5, 0.6) is 0 Å². The fourth-order valence-electron chi connectivity index (χ4n) is 8.83. The third-order valence-corrected chi connectivity index (χ3v) is 12.5. The van der Waals surface area contributed by atoms with E-state index in [9.17, 15) is 101 Å². The molecule has 3 amide bonds. The molecule has 5 aliphatic rings. The van der Waals surface area contributed by atoms with Crippen molar-refractivity contribution in [3.63, 3.8) is 0 Å². The third kappa shape index (κ3) is 13.1. The highest BCUT2D eigenvalue weighted by Crippen LogP contribution is 2.39. The quantitative estimate of drug-likeness (QED) is 0.0571. The minimum absolute atomic E-state index is 0.776. The highest BCUT2D eigenvalue weighted by atomic mass is 16.8. The fraction of sp³-hybridized carbons (Fsp3) is 0.897. The normalized spacial score (nSPS) is 45.0. The average molecular weight is 1040 g/mol. The molecule has 32 nitrogen and oxygen atoms in total. The molecule has 32 heteroatoms. The number of hydrogen-bond donors (Lipinski definition) is 19. The van der Waals surface area contributed by atoms with Crippen LogP contribution in [0.15, 0.2) is 0 Å². The van der Waals surface area contributed by atoms with Crippen LogP contribution >= 0.6 is 0 Å². The molecular formula is C39H65N3O29. The van der Waals surface area contributed by atoms with Gasteiger partial charge in [0, 0.05) is 27.2 Å². The molecular weight excluding hydrogens is 974 g/mol. The summed E-state index contributed by atoms with van der Waals surface area (Å²) in [6.45, 7) is -2.07. The van der Waals surface area contributed by atoms with Crippen molar-refractivity contribution in [2.45, 2.75) is 186 Å². The van der Waals surface area contributed by atoms with E-state index in [-0.39, 0.29) is 0 Å². The number of aliphatic carboxylic acids is 1. The minimum Gasteiger partial charge on any atom is -0.477 e. The van der Waals surface area contributed by atoms with E-state index in [4.69, 9.17) is 42.6 Å². The van der Waals surface area contributed by atoms with Gasteiger partial charge in [-0.05, 0) is 0 Å². The molecule has 5 fully saturated rings. The van der Waals surface area contributed by atoms with Crippen LogP contribution in [0, 0.1) is 0 Å². The van der Waals surface area contributed by atoms with Crippen LogP contribution in [0.4, 0.5) is 0 Å². The minimum atomic E-state index is -3.28. The summed E-state index contributed by atoms with van der Waals surface area (Å²) in [6.07, 6.45) is -45.8. The van der Waals surface area contributed by atoms with Gasteiger partial charge in [-0.2, -0.15) is 0 Å². The molecule has 0 aromatic carbocycles. The van der Waals surface area contributed by atoms with E-state index < -0.39 is 222 Å². The molecule has 0 spiro atoms. The van der Waals surface area contributed by atoms with Gasteiger partial charge in [-0.3, -0.25) is 14.4 Å². The third-order valence-electron chi connectivity index (χ3n) is 12.5. The molecule has 5 saturated heterocycles. The number of aliphatic hydroxyl groups excluding tert-OH is 15. The van der Waals surface area contributed by atoms with Gasteiger partial charge in [0.2, 0.25) is 17.7 Å². The molecule has 0 unspecified atom stereocenters. The second-order valence-electron chi connectivity index (χ2n) is 17.6. The maximum absolute atomic E-state index is 13.3. The summed E-state index contributed by atoms with van der Waals surface area (Å²) >= 11 is 0. The van der Waals surface area contributed by atoms with Gasteiger partial charge in [0.1, 0.15) is 116 Å². The molecule has 71 heavy (non-hydrogen) atoms. The van der Waals surface area contributed by atoms with Crippen molar-refractivity contribution in [1.82, 2.24) is 16.0 Å². The maximum atomic E-state index is 13.3. The van der Waals surface area contributed by atoms with E-state index in [2.05, 4.69) is 16.0 Å². The summed E-state index contributed by atoms with van der Waals surface area (Å²) in [5, 5.41) is 179. The number of carboxylic acid groups (broad SMARTS) is 1. The zero-order valence-electron chi connectivity index (χ0n) is 38.1. The molecule has 19 N–H and O–H groups in total. The van der Waals surface area contributed by atoms with Crippen LogP contribution in [-0.2, 0) is 61.8 Å². The molecule has 26 atom stereocenters. The highest BCUT2D eigenvalue weighted by molar-refractivity contribution is 5.77. The number of rotatable bonds is 19. The molecule has 5 rings (SSSR count). The maximum Gasteiger partial charge on any atom is 0.364 e. The summed E-state index contributed by atoms with van der Waals surface area (Å²) in [6, 6.07) is -5.15. The first kappa shape index (κ1) is 58.8. The predicted molar refractivity (Wildman–Crippen MR) is 219 cm³/mol. The van der Waals surface area contributed by atoms with Gasteiger partial charge < -0.3 is 140 Å². The van der Waals surface area contributed by atoms with E-state index in [0.717, 1.165) is 20.8 Å². The Labute approximate surface area is 402 Å². The van der Waals surface area contributed by atoms with Crippen molar-refractivity contribution in [3.05, 3.63) is 0 Å². The highest BCUT2D eigenvalue weighted by Gasteiger charge is 2.61. The summed E-state index contributed by atoms with van der Waals surface area (Å²) in [4.78, 5) is 50.2. The zero-order valence-corrected chi connectivity index (χ0v) is 38.1. The van der Waals surface area contributed by atoms with E-state index in [0.29, 0.717) is 0 Å². The standard InChI is InChI=1S/C39H65N3O29/c1-10(47)40-19-13(50)4-39(38(61)62,70-31(19)22(52)14(51)5-43)71-33-26(56)18(9-63-35-20(41-11(2)48)27(57)23(53)15(6-44)65-35)67-37(29(33)59)68-30-21(42-12(3)49)36(66-17(8-46)24(30)54)69-32-25(55)16(7-45)64-34(60)28(32)58/h13-37,43-46,50-60H,4-9H2,1-3H3,(H,40,47)(H,41,48)(H,42,49)(H,61,62)/t13-,14+,15+,16+,17+,18+,19+,20+,21+,22+,23-,24+,25-,26-,27+,28+,29+,30+,31+,32-,33-,34+,35+,36-,37-,39-/m0/s1. The van der Waals surface area contributed by atoms with E-state index >= 15 is 0 Å². The Kier molecular flexibility index (Phi) is 20.7. The van der Waals surface area contributed by atoms with E-state index in [1.807, 2.05) is 0 Å². The molecule has 5 aliphatic heterocycles. The molecule has 0 aliphatic carbocycles. The smallest absolute Gasteiger partial charge is 0.364 e. The Bertz CT molecular complexity index is 1780. The second kappa shape index (κ2) is 25.0. The van der Waals surface area contributed by atoms with Crippen LogP contribution in [0.3, 0.4) is 0 Å². The molecule has 5 heterocycles. The van der Waals surface area contributed by atoms with Gasteiger partial charge in [-0.25, -0.2) is 4.79 Å². The van der Waals surface area contributed by atoms with E-state index in [1.165, 1.54) is 0 Å². The largest absolute Gasteiger partial charge is 0.477 e. The summed E-state index contributed by atoms with van der Waals surface area (Å²) in [7, 11) is 0. The number of amides is 3. The Hall–Kier alpha value is -3.08. The monoisotopic (exact) mass is 1040 g/mol. The lowest BCUT2D eigenvalue weighted by Gasteiger charge is -2.51. The van der Waals surface area contributed by atoms with Gasteiger partial charge in [0.25, 0.3) is 5.79 Å². The van der Waals surface area contributed by atoms with Gasteiger partial charge in [-0.15, -0.1) is 0 Å². The second-order valence-corrected chi connectivity index (χ2v) is 17.6. The first-order chi connectivity index (χ1) is 33.3. The lowest BCUT2D eigenvalue weighted by Crippen LogP contribution is -2.71. The Morgan fingerprint density at radius 1 is 0.577 bits per heavy atom. The van der Waals surface area contributed by atoms with Crippen LogP contribution in [0.1, 0.15) is 27.2 Å². The van der Waals surface area contributed by atoms with Crippen LogP contribution in [0.2, 0.25) is 0 Å². The van der Waals surface area contributed by atoms with Crippen LogP contribution < -0.4 is 16.0 Å². The zero-order chi connectivity index (χ0) is 53.0. The first-order valence-corrected chi connectivity index (χ1v) is 22.2. The number of hydrogen-bond acceptors (Lipinski definition) is 28. The van der Waals surface area contributed by atoms with Crippen LogP contribution in [0.25, 0.3) is 0 Å². The lowest BCUT2D eigenvalue weighted by atomic mass is 9.88. The summed E-state index contributed by atoms with van der Waals surface area (Å²) < 4.78 is 51.4. The van der Waals surface area contributed by atoms with Gasteiger partial charge in [-0.1, -0.05) is 0 Å². The molecule has 410 valence electrons. The van der Waals surface area contributed by atoms with Crippen molar-refractivity contribution in [3.8, 4) is 0 Å². The Balaban J connectivity index is 1.57. The van der Waals surface area contributed by atoms with E-state index in [1.54, 1.807) is 0 Å². The molecule has 0 aromatic heterocycles. The Morgan fingerprint density at radius 2 is 1.07 bits per heavy atom. The summed E-state index contributed by atoms with van der Waals surface area (Å²) in [5.41, 5.74) is 0.